The maximum Gasteiger partial charge on any atom is 0.270 e. The van der Waals surface area contributed by atoms with Crippen molar-refractivity contribution in [1.82, 2.24) is 24.6 Å². The van der Waals surface area contributed by atoms with Crippen molar-refractivity contribution in [1.29, 1.82) is 0 Å². The summed E-state index contributed by atoms with van der Waals surface area (Å²) in [6, 6.07) is 8.73. The van der Waals surface area contributed by atoms with Crippen molar-refractivity contribution in [2.24, 2.45) is 20.0 Å². The molecule has 2 heterocycles. The second-order valence-electron chi connectivity index (χ2n) is 8.15. The van der Waals surface area contributed by atoms with E-state index in [0.717, 1.165) is 36.9 Å². The number of nitrogens with zero attached hydrogens (tertiary/aromatic N) is 4. The van der Waals surface area contributed by atoms with Gasteiger partial charge in [0.25, 0.3) is 5.91 Å². The second kappa shape index (κ2) is 9.16. The van der Waals surface area contributed by atoms with Crippen molar-refractivity contribution < 1.29 is 9.59 Å². The number of aryl methyl sites for hydroxylation is 2. The van der Waals surface area contributed by atoms with E-state index in [1.165, 1.54) is 11.1 Å². The Hall–Kier alpha value is -3.42. The van der Waals surface area contributed by atoms with Crippen LogP contribution in [-0.4, -0.2) is 37.2 Å². The molecule has 1 atom stereocenters. The van der Waals surface area contributed by atoms with E-state index in [-0.39, 0.29) is 17.7 Å². The molecule has 1 aromatic carbocycles. The standard InChI is InChI=1S/C23H28N6O2/c1-28-15-24-14-20(28)16-8-10-18(11-9-16)26-23(31)21(17-6-4-3-5-7-17)27-22(30)19-12-13-25-29(19)2/h8-15,17,21H,3-7H2,1-2H3,(H,26,31)(H,27,30). The van der Waals surface area contributed by atoms with Gasteiger partial charge in [-0.2, -0.15) is 5.10 Å². The predicted molar refractivity (Wildman–Crippen MR) is 118 cm³/mol. The second-order valence-corrected chi connectivity index (χ2v) is 8.15. The number of benzene rings is 1. The summed E-state index contributed by atoms with van der Waals surface area (Å²) >= 11 is 0. The highest BCUT2D eigenvalue weighted by atomic mass is 16.2. The van der Waals surface area contributed by atoms with Gasteiger partial charge in [-0.1, -0.05) is 31.4 Å². The molecule has 2 N–H and O–H groups in total. The number of carbonyl (C=O) groups excluding carboxylic acids is 2. The highest BCUT2D eigenvalue weighted by Crippen LogP contribution is 2.28. The molecule has 2 aromatic heterocycles. The minimum absolute atomic E-state index is 0.125. The van der Waals surface area contributed by atoms with Gasteiger partial charge >= 0.3 is 0 Å². The summed E-state index contributed by atoms with van der Waals surface area (Å²) in [5.74, 6) is -0.340. The lowest BCUT2D eigenvalue weighted by molar-refractivity contribution is -0.119. The number of amides is 2. The summed E-state index contributed by atoms with van der Waals surface area (Å²) in [5.41, 5.74) is 3.16. The Morgan fingerprint density at radius 1 is 1.06 bits per heavy atom. The molecule has 1 fully saturated rings. The number of imidazole rings is 1. The van der Waals surface area contributed by atoms with E-state index in [0.29, 0.717) is 11.4 Å². The van der Waals surface area contributed by atoms with E-state index in [1.54, 1.807) is 31.8 Å². The van der Waals surface area contributed by atoms with Gasteiger partial charge in [0.1, 0.15) is 11.7 Å². The Morgan fingerprint density at radius 2 is 1.81 bits per heavy atom. The van der Waals surface area contributed by atoms with Crippen LogP contribution < -0.4 is 10.6 Å². The first-order valence-corrected chi connectivity index (χ1v) is 10.7. The van der Waals surface area contributed by atoms with Crippen LogP contribution in [0.15, 0.2) is 49.1 Å². The molecule has 0 radical (unpaired) electrons. The molecule has 1 saturated carbocycles. The van der Waals surface area contributed by atoms with Crippen LogP contribution in [0.5, 0.6) is 0 Å². The zero-order chi connectivity index (χ0) is 21.8. The van der Waals surface area contributed by atoms with Gasteiger partial charge in [-0.3, -0.25) is 14.3 Å². The molecule has 8 heteroatoms. The van der Waals surface area contributed by atoms with Crippen molar-refractivity contribution in [3.05, 3.63) is 54.7 Å². The lowest BCUT2D eigenvalue weighted by atomic mass is 9.83. The molecule has 2 amide bonds. The zero-order valence-electron chi connectivity index (χ0n) is 17.9. The highest BCUT2D eigenvalue weighted by molar-refractivity contribution is 6.00. The molecule has 31 heavy (non-hydrogen) atoms. The van der Waals surface area contributed by atoms with Gasteiger partial charge in [-0.05, 0) is 42.5 Å². The Morgan fingerprint density at radius 3 is 2.42 bits per heavy atom. The maximum absolute atomic E-state index is 13.2. The molecule has 3 aromatic rings. The average molecular weight is 421 g/mol. The Kier molecular flexibility index (Phi) is 6.16. The summed E-state index contributed by atoms with van der Waals surface area (Å²) in [5, 5.41) is 10.0. The average Bonchev–Trinajstić information content (AvgIpc) is 3.41. The summed E-state index contributed by atoms with van der Waals surface area (Å²) in [4.78, 5) is 30.1. The van der Waals surface area contributed by atoms with Crippen LogP contribution in [-0.2, 0) is 18.9 Å². The molecule has 162 valence electrons. The molecule has 1 aliphatic rings. The molecule has 0 aliphatic heterocycles. The first-order valence-electron chi connectivity index (χ1n) is 10.7. The Bertz CT molecular complexity index is 1050. The number of hydrogen-bond acceptors (Lipinski definition) is 4. The normalized spacial score (nSPS) is 15.4. The van der Waals surface area contributed by atoms with Crippen molar-refractivity contribution in [2.45, 2.75) is 38.1 Å². The number of nitrogens with one attached hydrogen (secondary N) is 2. The van der Waals surface area contributed by atoms with Crippen LogP contribution in [0.1, 0.15) is 42.6 Å². The van der Waals surface area contributed by atoms with Crippen LogP contribution in [0.4, 0.5) is 5.69 Å². The van der Waals surface area contributed by atoms with E-state index in [2.05, 4.69) is 20.7 Å². The topological polar surface area (TPSA) is 93.8 Å². The van der Waals surface area contributed by atoms with Crippen molar-refractivity contribution >= 4 is 17.5 Å². The van der Waals surface area contributed by atoms with E-state index in [9.17, 15) is 9.59 Å². The summed E-state index contributed by atoms with van der Waals surface area (Å²) in [6.45, 7) is 0. The van der Waals surface area contributed by atoms with Crippen LogP contribution in [0, 0.1) is 5.92 Å². The molecule has 8 nitrogen and oxygen atoms in total. The fourth-order valence-corrected chi connectivity index (χ4v) is 4.26. The molecule has 0 spiro atoms. The van der Waals surface area contributed by atoms with E-state index < -0.39 is 6.04 Å². The molecule has 0 bridgehead atoms. The Balaban J connectivity index is 1.49. The van der Waals surface area contributed by atoms with E-state index in [4.69, 9.17) is 0 Å². The largest absolute Gasteiger partial charge is 0.339 e. The van der Waals surface area contributed by atoms with Crippen LogP contribution in [0.2, 0.25) is 0 Å². The summed E-state index contributed by atoms with van der Waals surface area (Å²) in [6.07, 6.45) is 10.3. The van der Waals surface area contributed by atoms with Crippen LogP contribution in [0.25, 0.3) is 11.3 Å². The SMILES string of the molecule is Cn1cncc1-c1ccc(NC(=O)C(NC(=O)c2ccnn2C)C2CCCCC2)cc1. The lowest BCUT2D eigenvalue weighted by Gasteiger charge is -2.30. The highest BCUT2D eigenvalue weighted by Gasteiger charge is 2.31. The number of anilines is 1. The summed E-state index contributed by atoms with van der Waals surface area (Å²) in [7, 11) is 3.66. The molecule has 1 unspecified atom stereocenters. The number of carbonyl (C=O) groups is 2. The molecular formula is C23H28N6O2. The van der Waals surface area contributed by atoms with Gasteiger partial charge < -0.3 is 15.2 Å². The minimum Gasteiger partial charge on any atom is -0.339 e. The summed E-state index contributed by atoms with van der Waals surface area (Å²) < 4.78 is 3.46. The van der Waals surface area contributed by atoms with Gasteiger partial charge in [0, 0.05) is 26.0 Å². The molecule has 4 rings (SSSR count). The lowest BCUT2D eigenvalue weighted by Crippen LogP contribution is -2.49. The maximum atomic E-state index is 13.2. The van der Waals surface area contributed by atoms with Gasteiger partial charge in [-0.25, -0.2) is 4.98 Å². The number of rotatable bonds is 6. The third-order valence-electron chi connectivity index (χ3n) is 6.01. The van der Waals surface area contributed by atoms with Crippen molar-refractivity contribution in [2.75, 3.05) is 5.32 Å². The number of aromatic nitrogens is 4. The third-order valence-corrected chi connectivity index (χ3v) is 6.01. The Labute approximate surface area is 181 Å². The van der Waals surface area contributed by atoms with Crippen LogP contribution in [0.3, 0.4) is 0 Å². The van der Waals surface area contributed by atoms with Crippen molar-refractivity contribution in [3.8, 4) is 11.3 Å². The van der Waals surface area contributed by atoms with E-state index >= 15 is 0 Å². The molecule has 0 saturated heterocycles. The van der Waals surface area contributed by atoms with Crippen molar-refractivity contribution in [3.63, 3.8) is 0 Å². The predicted octanol–water partition coefficient (Wildman–Crippen LogP) is 3.14. The van der Waals surface area contributed by atoms with Gasteiger partial charge in [-0.15, -0.1) is 0 Å². The number of hydrogen-bond donors (Lipinski definition) is 2. The minimum atomic E-state index is -0.584. The van der Waals surface area contributed by atoms with Gasteiger partial charge in [0.2, 0.25) is 5.91 Å². The van der Waals surface area contributed by atoms with Gasteiger partial charge in [0.05, 0.1) is 18.2 Å². The van der Waals surface area contributed by atoms with E-state index in [1.807, 2.05) is 35.9 Å². The monoisotopic (exact) mass is 420 g/mol. The molecule has 1 aliphatic carbocycles. The van der Waals surface area contributed by atoms with Crippen LogP contribution >= 0.6 is 0 Å². The fraction of sp³-hybridized carbons (Fsp3) is 0.391. The fourth-order valence-electron chi connectivity index (χ4n) is 4.26. The van der Waals surface area contributed by atoms with Gasteiger partial charge in [0.15, 0.2) is 0 Å². The first kappa shape index (κ1) is 20.8. The third kappa shape index (κ3) is 4.68. The zero-order valence-corrected chi connectivity index (χ0v) is 17.9. The quantitative estimate of drug-likeness (QED) is 0.641. The first-order chi connectivity index (χ1) is 15.0. The smallest absolute Gasteiger partial charge is 0.270 e. The molecular weight excluding hydrogens is 392 g/mol.